The maximum atomic E-state index is 6.49. The maximum Gasteiger partial charge on any atom is 0.179 e. The van der Waals surface area contributed by atoms with Gasteiger partial charge in [-0.3, -0.25) is 4.90 Å². The van der Waals surface area contributed by atoms with Gasteiger partial charge in [0.05, 0.1) is 17.9 Å². The highest BCUT2D eigenvalue weighted by Crippen LogP contribution is 2.32. The van der Waals surface area contributed by atoms with Crippen molar-refractivity contribution in [2.45, 2.75) is 39.3 Å². The van der Waals surface area contributed by atoms with Crippen molar-refractivity contribution in [2.24, 2.45) is 5.92 Å². The molecule has 0 amide bonds. The van der Waals surface area contributed by atoms with E-state index in [1.54, 1.807) is 6.07 Å². The Balaban J connectivity index is 1.44. The van der Waals surface area contributed by atoms with Gasteiger partial charge in [0.15, 0.2) is 5.65 Å². The molecular weight excluding hydrogens is 443 g/mol. The number of benzene rings is 1. The molecule has 0 radical (unpaired) electrons. The molecule has 0 saturated carbocycles. The zero-order chi connectivity index (χ0) is 22.4. The summed E-state index contributed by atoms with van der Waals surface area (Å²) >= 11 is 12.6. The highest BCUT2D eigenvalue weighted by Gasteiger charge is 2.31. The molecule has 0 unspecified atom stereocenters. The van der Waals surface area contributed by atoms with Gasteiger partial charge in [0, 0.05) is 42.3 Å². The van der Waals surface area contributed by atoms with E-state index in [4.69, 9.17) is 38.3 Å². The Morgan fingerprint density at radius 1 is 1.16 bits per heavy atom. The van der Waals surface area contributed by atoms with Crippen molar-refractivity contribution in [2.75, 3.05) is 31.1 Å². The van der Waals surface area contributed by atoms with Crippen LogP contribution in [0.5, 0.6) is 0 Å². The summed E-state index contributed by atoms with van der Waals surface area (Å²) in [6.07, 6.45) is 7.58. The highest BCUT2D eigenvalue weighted by molar-refractivity contribution is 6.35. The molecule has 0 spiro atoms. The van der Waals surface area contributed by atoms with E-state index in [-0.39, 0.29) is 6.04 Å². The Labute approximate surface area is 198 Å². The maximum absolute atomic E-state index is 6.49. The molecule has 8 heteroatoms. The van der Waals surface area contributed by atoms with Crippen LogP contribution in [0.25, 0.3) is 11.2 Å². The third kappa shape index (κ3) is 3.89. The first kappa shape index (κ1) is 21.7. The second-order valence-corrected chi connectivity index (χ2v) is 9.82. The molecule has 0 bridgehead atoms. The molecule has 2 aliphatic rings. The Kier molecular flexibility index (Phi) is 5.86. The van der Waals surface area contributed by atoms with Crippen molar-refractivity contribution in [3.05, 3.63) is 57.9 Å². The lowest BCUT2D eigenvalue weighted by molar-refractivity contribution is 0.165. The van der Waals surface area contributed by atoms with Gasteiger partial charge in [-0.1, -0.05) is 48.3 Å². The summed E-state index contributed by atoms with van der Waals surface area (Å²) in [5, 5.41) is 6.01. The molecule has 3 atom stereocenters. The number of halogens is 2. The third-order valence-corrected chi connectivity index (χ3v) is 7.40. The van der Waals surface area contributed by atoms with Gasteiger partial charge in [0.1, 0.15) is 11.3 Å². The minimum atomic E-state index is -0.0900. The molecule has 2 aliphatic heterocycles. The number of rotatable bonds is 4. The summed E-state index contributed by atoms with van der Waals surface area (Å²) in [7, 11) is 0. The van der Waals surface area contributed by atoms with Gasteiger partial charge < -0.3 is 4.90 Å². The second kappa shape index (κ2) is 8.65. The van der Waals surface area contributed by atoms with E-state index in [9.17, 15) is 0 Å². The molecular formula is C24H28Cl2N6. The van der Waals surface area contributed by atoms with Gasteiger partial charge in [-0.2, -0.15) is 5.10 Å². The molecule has 0 N–H and O–H groups in total. The zero-order valence-corrected chi connectivity index (χ0v) is 20.2. The van der Waals surface area contributed by atoms with Crippen LogP contribution >= 0.6 is 23.2 Å². The number of anilines is 1. The fraction of sp³-hybridized carbons (Fsp3) is 0.458. The molecule has 2 aromatic heterocycles. The van der Waals surface area contributed by atoms with E-state index >= 15 is 0 Å². The summed E-state index contributed by atoms with van der Waals surface area (Å²) in [6, 6.07) is 6.11. The van der Waals surface area contributed by atoms with Crippen molar-refractivity contribution in [1.82, 2.24) is 24.6 Å². The Bertz CT molecular complexity index is 1160. The number of fused-ring (bicyclic) bond motifs is 1. The first-order valence-corrected chi connectivity index (χ1v) is 12.0. The smallest absolute Gasteiger partial charge is 0.179 e. The summed E-state index contributed by atoms with van der Waals surface area (Å²) in [5.74, 6) is 1.48. The zero-order valence-electron chi connectivity index (χ0n) is 18.7. The minimum absolute atomic E-state index is 0.0900. The van der Waals surface area contributed by atoms with Gasteiger partial charge in [0.25, 0.3) is 0 Å². The van der Waals surface area contributed by atoms with Crippen LogP contribution in [0, 0.1) is 12.8 Å². The molecule has 6 nitrogen and oxygen atoms in total. The van der Waals surface area contributed by atoms with Crippen LogP contribution in [0.1, 0.15) is 37.6 Å². The molecule has 4 heterocycles. The van der Waals surface area contributed by atoms with Crippen LogP contribution in [-0.4, -0.2) is 56.9 Å². The molecule has 1 saturated heterocycles. The third-order valence-electron chi connectivity index (χ3n) is 6.84. The summed E-state index contributed by atoms with van der Waals surface area (Å²) < 4.78 is 1.93. The van der Waals surface area contributed by atoms with Crippen LogP contribution in [0.3, 0.4) is 0 Å². The Hall–Kier alpha value is -2.15. The van der Waals surface area contributed by atoms with Crippen molar-refractivity contribution in [3.8, 4) is 0 Å². The highest BCUT2D eigenvalue weighted by atomic mass is 35.5. The van der Waals surface area contributed by atoms with Crippen LogP contribution in [0.4, 0.5) is 5.82 Å². The van der Waals surface area contributed by atoms with Crippen LogP contribution in [-0.2, 0) is 0 Å². The topological polar surface area (TPSA) is 50.1 Å². The number of piperidine rings is 1. The first-order valence-electron chi connectivity index (χ1n) is 11.2. The molecule has 1 fully saturated rings. The lowest BCUT2D eigenvalue weighted by atomic mass is 9.92. The van der Waals surface area contributed by atoms with Gasteiger partial charge in [0.2, 0.25) is 0 Å². The Morgan fingerprint density at radius 2 is 1.94 bits per heavy atom. The molecule has 1 aromatic carbocycles. The quantitative estimate of drug-likeness (QED) is 0.494. The predicted octanol–water partition coefficient (Wildman–Crippen LogP) is 5.14. The van der Waals surface area contributed by atoms with Gasteiger partial charge in [-0.15, -0.1) is 0 Å². The molecule has 32 heavy (non-hydrogen) atoms. The van der Waals surface area contributed by atoms with Crippen LogP contribution in [0.15, 0.2) is 36.5 Å². The molecule has 5 rings (SSSR count). The fourth-order valence-electron chi connectivity index (χ4n) is 5.09. The largest absolute Gasteiger partial charge is 0.355 e. The number of hydrogen-bond donors (Lipinski definition) is 0. The average Bonchev–Trinajstić information content (AvgIpc) is 3.41. The first-order chi connectivity index (χ1) is 15.4. The van der Waals surface area contributed by atoms with Gasteiger partial charge in [-0.25, -0.2) is 14.6 Å². The van der Waals surface area contributed by atoms with E-state index in [1.165, 1.54) is 0 Å². The van der Waals surface area contributed by atoms with Crippen LogP contribution in [0.2, 0.25) is 10.0 Å². The number of nitrogens with zero attached hydrogens (tertiary/aromatic N) is 6. The second-order valence-electron chi connectivity index (χ2n) is 8.98. The SMILES string of the molecule is Cc1nn([C@H](C)c2ccc(Cl)cc2Cl)c2nc(N3CC[C@H](N4CC=CC4)[C@H](C)C3)cnc12. The van der Waals surface area contributed by atoms with E-state index in [0.29, 0.717) is 22.0 Å². The van der Waals surface area contributed by atoms with Crippen molar-refractivity contribution < 1.29 is 0 Å². The van der Waals surface area contributed by atoms with E-state index in [2.05, 4.69) is 35.8 Å². The van der Waals surface area contributed by atoms with Gasteiger partial charge >= 0.3 is 0 Å². The molecule has 3 aromatic rings. The van der Waals surface area contributed by atoms with Crippen LogP contribution < -0.4 is 4.90 Å². The molecule has 168 valence electrons. The Morgan fingerprint density at radius 3 is 2.66 bits per heavy atom. The molecule has 0 aliphatic carbocycles. The van der Waals surface area contributed by atoms with Crippen molar-refractivity contribution >= 4 is 40.2 Å². The van der Waals surface area contributed by atoms with Gasteiger partial charge in [-0.05, 0) is 43.9 Å². The predicted molar refractivity (Wildman–Crippen MR) is 131 cm³/mol. The fourth-order valence-corrected chi connectivity index (χ4v) is 5.65. The number of aromatic nitrogens is 4. The summed E-state index contributed by atoms with van der Waals surface area (Å²) in [5.41, 5.74) is 3.44. The van der Waals surface area contributed by atoms with E-state index in [0.717, 1.165) is 60.8 Å². The van der Waals surface area contributed by atoms with Crippen molar-refractivity contribution in [3.63, 3.8) is 0 Å². The average molecular weight is 471 g/mol. The monoisotopic (exact) mass is 470 g/mol. The summed E-state index contributed by atoms with van der Waals surface area (Å²) in [4.78, 5) is 14.7. The lowest BCUT2D eigenvalue weighted by Gasteiger charge is -2.41. The summed E-state index contributed by atoms with van der Waals surface area (Å²) in [6.45, 7) is 10.5. The number of aryl methyl sites for hydroxylation is 1. The normalized spacial score (nSPS) is 22.7. The number of hydrogen-bond acceptors (Lipinski definition) is 5. The standard InChI is InChI=1S/C24H28Cl2N6/c1-15-14-31(11-8-21(15)30-9-4-5-10-30)22-13-27-23-16(2)29-32(24(23)28-22)17(3)19-7-6-18(25)12-20(19)26/h4-7,12-13,15,17,21H,8-11,14H2,1-3H3/t15-,17-,21+/m1/s1. The van der Waals surface area contributed by atoms with Crippen molar-refractivity contribution in [1.29, 1.82) is 0 Å². The van der Waals surface area contributed by atoms with E-state index in [1.807, 2.05) is 29.9 Å². The lowest BCUT2D eigenvalue weighted by Crippen LogP contribution is -2.49. The minimum Gasteiger partial charge on any atom is -0.355 e. The van der Waals surface area contributed by atoms with E-state index < -0.39 is 0 Å².